The van der Waals surface area contributed by atoms with Crippen LogP contribution in [0.5, 0.6) is 5.75 Å². The molecule has 0 aliphatic heterocycles. The molecule has 1 aliphatic carbocycles. The Bertz CT molecular complexity index is 1300. The van der Waals surface area contributed by atoms with Gasteiger partial charge in [0.1, 0.15) is 17.6 Å². The first-order valence-corrected chi connectivity index (χ1v) is 11.5. The van der Waals surface area contributed by atoms with Crippen molar-refractivity contribution in [1.82, 2.24) is 10.1 Å². The number of phosphoric ester groups is 1. The molecule has 3 aromatic rings. The standard InChI is InChI=1S/C22H20N3O7P/c1-13(2)31-19-8-6-14(10-15(19)11-23)22-24-21(25-32-22)18-5-3-4-17-16(18)7-9-20(17)29-12-30-33(26,27)28/h3-6,8-10,13H,7,12H2,1-2H3,(H2,26,27,28). The molecule has 170 valence electrons. The average Bonchev–Trinajstić information content (AvgIpc) is 3.40. The Morgan fingerprint density at radius 3 is 2.76 bits per heavy atom. The molecule has 0 spiro atoms. The van der Waals surface area contributed by atoms with Crippen molar-refractivity contribution in [3.63, 3.8) is 0 Å². The maximum absolute atomic E-state index is 10.8. The minimum atomic E-state index is -4.62. The summed E-state index contributed by atoms with van der Waals surface area (Å²) in [4.78, 5) is 22.1. The number of benzene rings is 2. The van der Waals surface area contributed by atoms with E-state index in [0.717, 1.165) is 16.7 Å². The number of fused-ring (bicyclic) bond motifs is 1. The van der Waals surface area contributed by atoms with E-state index in [0.29, 0.717) is 34.9 Å². The van der Waals surface area contributed by atoms with Crippen LogP contribution >= 0.6 is 7.82 Å². The number of allylic oxidation sites excluding steroid dienone is 1. The van der Waals surface area contributed by atoms with Gasteiger partial charge in [-0.3, -0.25) is 0 Å². The molecule has 0 unspecified atom stereocenters. The van der Waals surface area contributed by atoms with Crippen LogP contribution in [-0.4, -0.2) is 32.8 Å². The van der Waals surface area contributed by atoms with Crippen molar-refractivity contribution >= 4 is 13.6 Å². The van der Waals surface area contributed by atoms with Crippen molar-refractivity contribution < 1.29 is 32.9 Å². The Labute approximate surface area is 189 Å². The number of nitrogens with zero attached hydrogens (tertiary/aromatic N) is 3. The van der Waals surface area contributed by atoms with Gasteiger partial charge in [0.05, 0.1) is 11.7 Å². The summed E-state index contributed by atoms with van der Waals surface area (Å²) >= 11 is 0. The van der Waals surface area contributed by atoms with E-state index in [2.05, 4.69) is 20.7 Å². The molecule has 1 heterocycles. The third-order valence-corrected chi connectivity index (χ3v) is 5.19. The van der Waals surface area contributed by atoms with Gasteiger partial charge in [0.25, 0.3) is 5.89 Å². The predicted octanol–water partition coefficient (Wildman–Crippen LogP) is 4.04. The normalized spacial score (nSPS) is 12.9. The Kier molecular flexibility index (Phi) is 6.31. The van der Waals surface area contributed by atoms with Crippen LogP contribution in [0.15, 0.2) is 47.0 Å². The van der Waals surface area contributed by atoms with Gasteiger partial charge in [0.15, 0.2) is 6.79 Å². The molecule has 1 aromatic heterocycles. The summed E-state index contributed by atoms with van der Waals surface area (Å²) in [6, 6.07) is 12.7. The number of nitriles is 1. The molecule has 0 atom stereocenters. The quantitative estimate of drug-likeness (QED) is 0.366. The number of ether oxygens (including phenoxy) is 2. The molecule has 33 heavy (non-hydrogen) atoms. The summed E-state index contributed by atoms with van der Waals surface area (Å²) < 4.78 is 31.7. The fourth-order valence-electron chi connectivity index (χ4n) is 3.40. The first kappa shape index (κ1) is 22.7. The van der Waals surface area contributed by atoms with Crippen LogP contribution in [0.4, 0.5) is 0 Å². The first-order chi connectivity index (χ1) is 15.7. The zero-order valence-corrected chi connectivity index (χ0v) is 18.7. The van der Waals surface area contributed by atoms with Crippen molar-refractivity contribution in [2.45, 2.75) is 26.4 Å². The fourth-order valence-corrected chi connectivity index (χ4v) is 3.59. The third-order valence-electron chi connectivity index (χ3n) is 4.74. The van der Waals surface area contributed by atoms with E-state index in [4.69, 9.17) is 23.8 Å². The van der Waals surface area contributed by atoms with Crippen molar-refractivity contribution in [3.8, 4) is 34.7 Å². The molecule has 0 saturated heterocycles. The molecule has 0 amide bonds. The topological polar surface area (TPSA) is 148 Å². The van der Waals surface area contributed by atoms with Gasteiger partial charge >= 0.3 is 7.82 Å². The van der Waals surface area contributed by atoms with E-state index in [9.17, 15) is 9.83 Å². The van der Waals surface area contributed by atoms with Crippen LogP contribution in [-0.2, 0) is 20.2 Å². The Morgan fingerprint density at radius 2 is 2.03 bits per heavy atom. The lowest BCUT2D eigenvalue weighted by molar-refractivity contribution is 0.0642. The highest BCUT2D eigenvalue weighted by molar-refractivity contribution is 7.46. The molecule has 0 saturated carbocycles. The largest absolute Gasteiger partial charge is 0.490 e. The van der Waals surface area contributed by atoms with Crippen LogP contribution < -0.4 is 4.74 Å². The van der Waals surface area contributed by atoms with Gasteiger partial charge in [0, 0.05) is 16.7 Å². The highest BCUT2D eigenvalue weighted by Gasteiger charge is 2.23. The molecule has 2 aromatic carbocycles. The summed E-state index contributed by atoms with van der Waals surface area (Å²) in [5.41, 5.74) is 3.31. The smallest absolute Gasteiger partial charge is 0.472 e. The minimum absolute atomic E-state index is 0.0658. The molecular weight excluding hydrogens is 449 g/mol. The molecule has 0 bridgehead atoms. The monoisotopic (exact) mass is 469 g/mol. The molecule has 1 aliphatic rings. The number of phosphoric acid groups is 1. The minimum Gasteiger partial charge on any atom is -0.490 e. The van der Waals surface area contributed by atoms with E-state index in [1.807, 2.05) is 26.0 Å². The molecule has 11 heteroatoms. The second-order valence-corrected chi connectivity index (χ2v) is 8.64. The van der Waals surface area contributed by atoms with Gasteiger partial charge in [-0.25, -0.2) is 9.09 Å². The summed E-state index contributed by atoms with van der Waals surface area (Å²) in [5, 5.41) is 13.6. The second kappa shape index (κ2) is 9.17. The highest BCUT2D eigenvalue weighted by Crippen LogP contribution is 2.38. The number of rotatable bonds is 8. The molecule has 4 rings (SSSR count). The summed E-state index contributed by atoms with van der Waals surface area (Å²) in [7, 11) is -4.62. The van der Waals surface area contributed by atoms with Gasteiger partial charge in [-0.2, -0.15) is 10.2 Å². The molecular formula is C22H20N3O7P. The molecule has 10 nitrogen and oxygen atoms in total. The van der Waals surface area contributed by atoms with Gasteiger partial charge in [-0.05, 0) is 50.1 Å². The lowest BCUT2D eigenvalue weighted by Gasteiger charge is -2.11. The average molecular weight is 469 g/mol. The third kappa shape index (κ3) is 5.13. The number of hydrogen-bond donors (Lipinski definition) is 2. The second-order valence-electron chi connectivity index (χ2n) is 7.40. The van der Waals surface area contributed by atoms with Crippen molar-refractivity contribution in [1.29, 1.82) is 5.26 Å². The zero-order chi connectivity index (χ0) is 23.6. The Hall–Kier alpha value is -3.48. The molecule has 0 radical (unpaired) electrons. The Balaban J connectivity index is 1.57. The van der Waals surface area contributed by atoms with E-state index in [1.54, 1.807) is 30.3 Å². The van der Waals surface area contributed by atoms with Gasteiger partial charge < -0.3 is 23.8 Å². The van der Waals surface area contributed by atoms with Gasteiger partial charge in [-0.1, -0.05) is 23.4 Å². The predicted molar refractivity (Wildman–Crippen MR) is 116 cm³/mol. The highest BCUT2D eigenvalue weighted by atomic mass is 31.2. The van der Waals surface area contributed by atoms with Crippen molar-refractivity contribution in [2.24, 2.45) is 0 Å². The molecule has 0 fully saturated rings. The summed E-state index contributed by atoms with van der Waals surface area (Å²) in [5.74, 6) is 1.55. The zero-order valence-electron chi connectivity index (χ0n) is 17.8. The number of aromatic nitrogens is 2. The van der Waals surface area contributed by atoms with Gasteiger partial charge in [0.2, 0.25) is 5.82 Å². The maximum atomic E-state index is 10.8. The van der Waals surface area contributed by atoms with E-state index < -0.39 is 14.6 Å². The fraction of sp³-hybridized carbons (Fsp3) is 0.227. The van der Waals surface area contributed by atoms with E-state index in [1.165, 1.54) is 0 Å². The summed E-state index contributed by atoms with van der Waals surface area (Å²) in [6.07, 6.45) is 2.23. The summed E-state index contributed by atoms with van der Waals surface area (Å²) in [6.45, 7) is 3.19. The van der Waals surface area contributed by atoms with E-state index >= 15 is 0 Å². The van der Waals surface area contributed by atoms with E-state index in [-0.39, 0.29) is 12.0 Å². The van der Waals surface area contributed by atoms with Crippen LogP contribution in [0.3, 0.4) is 0 Å². The van der Waals surface area contributed by atoms with Crippen LogP contribution in [0.1, 0.15) is 30.5 Å². The van der Waals surface area contributed by atoms with Crippen LogP contribution in [0.2, 0.25) is 0 Å². The van der Waals surface area contributed by atoms with Crippen molar-refractivity contribution in [2.75, 3.05) is 6.79 Å². The Morgan fingerprint density at radius 1 is 1.24 bits per heavy atom. The number of hydrogen-bond acceptors (Lipinski definition) is 8. The first-order valence-electron chi connectivity index (χ1n) is 9.95. The van der Waals surface area contributed by atoms with Crippen molar-refractivity contribution in [3.05, 3.63) is 59.2 Å². The van der Waals surface area contributed by atoms with Gasteiger partial charge in [-0.15, -0.1) is 0 Å². The SMILES string of the molecule is CC(C)Oc1ccc(-c2nc(-c3cccc4c3CC=C4OCOP(=O)(O)O)no2)cc1C#N. The maximum Gasteiger partial charge on any atom is 0.472 e. The lowest BCUT2D eigenvalue weighted by atomic mass is 10.0. The lowest BCUT2D eigenvalue weighted by Crippen LogP contribution is -2.06. The van der Waals surface area contributed by atoms with Crippen LogP contribution in [0, 0.1) is 11.3 Å². The molecule has 2 N–H and O–H groups in total. The van der Waals surface area contributed by atoms with Crippen LogP contribution in [0.25, 0.3) is 28.6 Å².